The Morgan fingerprint density at radius 2 is 1.68 bits per heavy atom. The number of benzene rings is 1. The first-order chi connectivity index (χ1) is 19.4. The van der Waals surface area contributed by atoms with Gasteiger partial charge >= 0.3 is 11.9 Å². The number of likely N-dealkylation sites (tertiary alicyclic amines) is 1. The minimum absolute atomic E-state index is 0.0319. The largest absolute Gasteiger partial charge is 0.413 e. The summed E-state index contributed by atoms with van der Waals surface area (Å²) < 4.78 is 11.8. The lowest BCUT2D eigenvalue weighted by molar-refractivity contribution is -0.384. The molecule has 0 radical (unpaired) electrons. The summed E-state index contributed by atoms with van der Waals surface area (Å²) >= 11 is 0. The number of nitrogens with two attached hydrogens (primary N) is 1. The van der Waals surface area contributed by atoms with Crippen molar-refractivity contribution in [1.29, 1.82) is 0 Å². The summed E-state index contributed by atoms with van der Waals surface area (Å²) in [7, 11) is -2.00. The second kappa shape index (κ2) is 11.8. The molecule has 2 saturated heterocycles. The summed E-state index contributed by atoms with van der Waals surface area (Å²) in [4.78, 5) is 65.2. The Kier molecular flexibility index (Phi) is 8.80. The molecule has 3 aliphatic rings. The van der Waals surface area contributed by atoms with E-state index in [1.807, 2.05) is 18.7 Å². The molecule has 1 aromatic carbocycles. The molecule has 3 aliphatic heterocycles. The molecule has 2 fully saturated rings. The first kappa shape index (κ1) is 30.5. The lowest BCUT2D eigenvalue weighted by Gasteiger charge is -2.49. The predicted octanol–water partition coefficient (Wildman–Crippen LogP) is 2.84. The Hall–Kier alpha value is -3.42. The number of hydrogen-bond donors (Lipinski definition) is 1. The van der Waals surface area contributed by atoms with Gasteiger partial charge < -0.3 is 19.8 Å². The fourth-order valence-electron chi connectivity index (χ4n) is 6.33. The van der Waals surface area contributed by atoms with Crippen molar-refractivity contribution in [1.82, 2.24) is 9.80 Å². The minimum atomic E-state index is -2.00. The van der Waals surface area contributed by atoms with Crippen LogP contribution in [0.25, 0.3) is 0 Å². The van der Waals surface area contributed by atoms with Crippen LogP contribution in [0.15, 0.2) is 35.5 Å². The third-order valence-corrected chi connectivity index (χ3v) is 13.9. The summed E-state index contributed by atoms with van der Waals surface area (Å²) in [6.07, 6.45) is -0.334. The van der Waals surface area contributed by atoms with E-state index < -0.39 is 31.1 Å². The first-order valence-corrected chi connectivity index (χ1v) is 16.7. The van der Waals surface area contributed by atoms with Crippen LogP contribution < -0.4 is 5.73 Å². The van der Waals surface area contributed by atoms with Crippen molar-refractivity contribution in [2.24, 2.45) is 23.5 Å². The number of carbonyl (C=O) groups excluding carboxylic acids is 4. The molecule has 4 rings (SSSR count). The van der Waals surface area contributed by atoms with E-state index in [0.717, 1.165) is 30.3 Å². The number of nitro benzene ring substituents is 1. The fourth-order valence-corrected chi connectivity index (χ4v) is 9.26. The zero-order chi connectivity index (χ0) is 30.2. The minimum Gasteiger partial charge on any atom is -0.413 e. The molecule has 2 N–H and O–H groups in total. The second-order valence-corrected chi connectivity index (χ2v) is 16.0. The van der Waals surface area contributed by atoms with Crippen molar-refractivity contribution < 1.29 is 33.3 Å². The van der Waals surface area contributed by atoms with E-state index in [9.17, 15) is 29.3 Å². The van der Waals surface area contributed by atoms with E-state index in [0.29, 0.717) is 25.2 Å². The number of rotatable bonds is 12. The van der Waals surface area contributed by atoms with E-state index in [-0.39, 0.29) is 52.7 Å². The maximum atomic E-state index is 13.6. The number of fused-ring (bicyclic) bond motifs is 1. The topological polar surface area (TPSA) is 162 Å². The van der Waals surface area contributed by atoms with E-state index in [4.69, 9.17) is 14.9 Å². The van der Waals surface area contributed by atoms with Crippen LogP contribution in [0.3, 0.4) is 0 Å². The normalized spacial score (nSPS) is 23.5. The summed E-state index contributed by atoms with van der Waals surface area (Å²) in [6, 6.07) is 7.22. The Labute approximate surface area is 240 Å². The van der Waals surface area contributed by atoms with Crippen molar-refractivity contribution in [3.8, 4) is 0 Å². The van der Waals surface area contributed by atoms with E-state index in [2.05, 4.69) is 20.8 Å². The smallest absolute Gasteiger partial charge is 0.362 e. The van der Waals surface area contributed by atoms with E-state index in [1.165, 1.54) is 17.0 Å². The first-order valence-electron chi connectivity index (χ1n) is 14.1. The number of non-ortho nitro benzene ring substituents is 1. The number of amides is 2. The Bertz CT molecular complexity index is 1260. The monoisotopic (exact) mass is 586 g/mol. The van der Waals surface area contributed by atoms with Gasteiger partial charge in [-0.1, -0.05) is 27.7 Å². The molecule has 41 heavy (non-hydrogen) atoms. The zero-order valence-electron chi connectivity index (χ0n) is 24.1. The molecule has 0 aromatic heterocycles. The van der Waals surface area contributed by atoms with E-state index >= 15 is 0 Å². The Balaban J connectivity index is 1.58. The molecule has 12 nitrogen and oxygen atoms in total. The number of hydrogen-bond acceptors (Lipinski definition) is 9. The van der Waals surface area contributed by atoms with Gasteiger partial charge in [-0.3, -0.25) is 24.6 Å². The average molecular weight is 587 g/mol. The molecule has 3 heterocycles. The summed E-state index contributed by atoms with van der Waals surface area (Å²) in [6.45, 7) is 11.5. The van der Waals surface area contributed by atoms with Crippen molar-refractivity contribution >= 4 is 37.8 Å². The molecule has 2 amide bonds. The van der Waals surface area contributed by atoms with Crippen molar-refractivity contribution in [2.75, 3.05) is 19.6 Å². The van der Waals surface area contributed by atoms with Gasteiger partial charge in [0.2, 0.25) is 11.8 Å². The van der Waals surface area contributed by atoms with Gasteiger partial charge in [0.25, 0.3) is 5.69 Å². The van der Waals surface area contributed by atoms with Crippen molar-refractivity contribution in [3.63, 3.8) is 0 Å². The predicted molar refractivity (Wildman–Crippen MR) is 151 cm³/mol. The van der Waals surface area contributed by atoms with Gasteiger partial charge in [-0.05, 0) is 42.8 Å². The van der Waals surface area contributed by atoms with Gasteiger partial charge in [-0.25, -0.2) is 9.59 Å². The van der Waals surface area contributed by atoms with Crippen LogP contribution in [-0.4, -0.2) is 78.6 Å². The molecule has 222 valence electrons. The maximum absolute atomic E-state index is 13.6. The standard InChI is InChI=1S/C28H38N4O8Si/c1-6-41(7-2,8-3)40-17(5)22-23-16(4)21(15-30-13-19(14-30)25(29)33)24(31(23)26(22)34)28(36)39-27(35)18-9-11-20(12-10-18)32(37)38/h9-12,16-17,19,22-23H,6-8,13-15H2,1-5H3,(H2,29,33)/t16-,17+,22+,23+/m0/s1. The fraction of sp³-hybridized carbons (Fsp3) is 0.571. The molecule has 1 aromatic rings. The molecule has 0 unspecified atom stereocenters. The van der Waals surface area contributed by atoms with Gasteiger partial charge in [-0.2, -0.15) is 0 Å². The highest BCUT2D eigenvalue weighted by Crippen LogP contribution is 2.49. The van der Waals surface area contributed by atoms with Crippen LogP contribution >= 0.6 is 0 Å². The highest BCUT2D eigenvalue weighted by molar-refractivity contribution is 6.73. The quantitative estimate of drug-likeness (QED) is 0.0969. The van der Waals surface area contributed by atoms with E-state index in [1.54, 1.807) is 0 Å². The van der Waals surface area contributed by atoms with Crippen LogP contribution in [0, 0.1) is 27.9 Å². The van der Waals surface area contributed by atoms with Crippen molar-refractivity contribution in [3.05, 3.63) is 51.2 Å². The zero-order valence-corrected chi connectivity index (χ0v) is 25.1. The molecule has 13 heteroatoms. The summed E-state index contributed by atoms with van der Waals surface area (Å²) in [5, 5.41) is 10.9. The molecule has 4 atom stereocenters. The number of carbonyl (C=O) groups is 4. The van der Waals surface area contributed by atoms with Crippen LogP contribution in [0.4, 0.5) is 5.69 Å². The Morgan fingerprint density at radius 3 is 2.20 bits per heavy atom. The third kappa shape index (κ3) is 5.57. The highest BCUT2D eigenvalue weighted by atomic mass is 28.4. The van der Waals surface area contributed by atoms with Crippen LogP contribution in [0.2, 0.25) is 18.1 Å². The molecule has 0 saturated carbocycles. The SMILES string of the molecule is CC[Si](CC)(CC)O[C@H](C)[C@H]1C(=O)N2C(C(=O)OC(=O)c3ccc([N+](=O)[O-])cc3)=C(CN3CC(C(N)=O)C3)[C@H](C)[C@H]12. The van der Waals surface area contributed by atoms with Gasteiger partial charge in [0.15, 0.2) is 8.32 Å². The van der Waals surface area contributed by atoms with Gasteiger partial charge in [-0.15, -0.1) is 0 Å². The molecule has 0 bridgehead atoms. The molecule has 0 aliphatic carbocycles. The summed E-state index contributed by atoms with van der Waals surface area (Å²) in [5.41, 5.74) is 5.89. The van der Waals surface area contributed by atoms with Crippen LogP contribution in [-0.2, 0) is 23.5 Å². The molecular formula is C28H38N4O8Si. The highest BCUT2D eigenvalue weighted by Gasteiger charge is 2.61. The lowest BCUT2D eigenvalue weighted by atomic mass is 9.77. The second-order valence-electron chi connectivity index (χ2n) is 11.2. The number of nitro groups is 1. The molecule has 0 spiro atoms. The number of primary amides is 1. The number of esters is 2. The van der Waals surface area contributed by atoms with Gasteiger partial charge in [0.1, 0.15) is 5.70 Å². The molecular weight excluding hydrogens is 548 g/mol. The Morgan fingerprint density at radius 1 is 1.10 bits per heavy atom. The summed E-state index contributed by atoms with van der Waals surface area (Å²) in [5.74, 6) is -3.49. The van der Waals surface area contributed by atoms with Gasteiger partial charge in [0, 0.05) is 37.7 Å². The van der Waals surface area contributed by atoms with Crippen molar-refractivity contribution in [2.45, 2.75) is 64.9 Å². The maximum Gasteiger partial charge on any atom is 0.362 e. The van der Waals surface area contributed by atoms with Crippen LogP contribution in [0.1, 0.15) is 45.0 Å². The average Bonchev–Trinajstić information content (AvgIpc) is 3.16. The number of nitrogens with zero attached hydrogens (tertiary/aromatic N) is 3. The van der Waals surface area contributed by atoms with Gasteiger partial charge in [0.05, 0.1) is 34.5 Å². The lowest BCUT2D eigenvalue weighted by Crippen LogP contribution is -2.65. The van der Waals surface area contributed by atoms with Crippen LogP contribution in [0.5, 0.6) is 0 Å². The number of ether oxygens (including phenoxy) is 1. The number of β-lactam (4-membered cyclic amide) rings is 1. The third-order valence-electron chi connectivity index (χ3n) is 9.12.